The van der Waals surface area contributed by atoms with Gasteiger partial charge in [0.05, 0.1) is 11.5 Å². The number of aryl methyl sites for hydroxylation is 1. The van der Waals surface area contributed by atoms with E-state index in [0.29, 0.717) is 6.61 Å². The van der Waals surface area contributed by atoms with Gasteiger partial charge in [-0.1, -0.05) is 113 Å². The molecule has 0 amide bonds. The average Bonchev–Trinajstić information content (AvgIpc) is 2.78. The Kier molecular flexibility index (Phi) is 7.57. The van der Waals surface area contributed by atoms with Crippen LogP contribution in [0.25, 0.3) is 0 Å². The molecule has 1 aromatic rings. The van der Waals surface area contributed by atoms with Crippen LogP contribution in [0.3, 0.4) is 0 Å². The third-order valence-electron chi connectivity index (χ3n) is 11.4. The zero-order valence-corrected chi connectivity index (χ0v) is 22.4. The fraction of sp³-hybridized carbons (Fsp3) is 0.786. The highest BCUT2D eigenvalue weighted by Gasteiger charge is 2.51. The van der Waals surface area contributed by atoms with Crippen molar-refractivity contribution in [2.24, 2.45) is 0 Å². The Morgan fingerprint density at radius 3 is 1.91 bits per heavy atom. The van der Waals surface area contributed by atoms with Crippen molar-refractivity contribution in [3.8, 4) is 0 Å². The molecule has 4 bridgehead atoms. The summed E-state index contributed by atoms with van der Waals surface area (Å²) in [6, 6.07) is 7.03. The largest absolute Gasteiger partial charge is 0.296 e. The Balaban J connectivity index is 1.33. The van der Waals surface area contributed by atoms with Crippen LogP contribution in [0.2, 0.25) is 35.8 Å². The molecule has 6 heteroatoms. The van der Waals surface area contributed by atoms with Crippen LogP contribution in [0.15, 0.2) is 29.2 Å². The molecule has 4 fully saturated rings. The molecular weight excluding hydrogens is 438 g/mol. The first-order chi connectivity index (χ1) is 16.4. The van der Waals surface area contributed by atoms with Crippen molar-refractivity contribution in [1.82, 2.24) is 0 Å². The molecule has 0 saturated carbocycles. The van der Waals surface area contributed by atoms with Crippen molar-refractivity contribution in [1.29, 1.82) is 0 Å². The fourth-order valence-corrected chi connectivity index (χ4v) is 10.8. The Morgan fingerprint density at radius 1 is 0.882 bits per heavy atom. The lowest BCUT2D eigenvalue weighted by molar-refractivity contribution is 0.307. The minimum absolute atomic E-state index is 0.287. The molecule has 4 aliphatic rings. The Hall–Kier alpha value is -0.740. The fourth-order valence-electron chi connectivity index (χ4n) is 9.81. The predicted molar refractivity (Wildman–Crippen MR) is 145 cm³/mol. The van der Waals surface area contributed by atoms with Crippen molar-refractivity contribution >= 4 is 23.0 Å². The monoisotopic (exact) mass is 483 g/mol. The van der Waals surface area contributed by atoms with Gasteiger partial charge in [0, 0.05) is 6.15 Å². The summed E-state index contributed by atoms with van der Waals surface area (Å²) in [5.74, 6) is 3.74. The molecule has 3 nitrogen and oxygen atoms in total. The quantitative estimate of drug-likeness (QED) is 0.213. The molecule has 0 spiro atoms. The molecule has 5 rings (SSSR count). The van der Waals surface area contributed by atoms with Gasteiger partial charge in [-0.05, 0) is 25.5 Å². The molecular formula is C28H45B2O3S-. The van der Waals surface area contributed by atoms with E-state index in [2.05, 4.69) is 6.82 Å². The number of fused-ring (bicyclic) bond motifs is 4. The lowest BCUT2D eigenvalue weighted by Crippen LogP contribution is -2.57. The first kappa shape index (κ1) is 24.9. The van der Waals surface area contributed by atoms with E-state index in [4.69, 9.17) is 4.18 Å². The van der Waals surface area contributed by atoms with Crippen molar-refractivity contribution in [2.75, 3.05) is 6.61 Å². The second kappa shape index (κ2) is 10.3. The maximum absolute atomic E-state index is 12.8. The van der Waals surface area contributed by atoms with Gasteiger partial charge in [0.2, 0.25) is 0 Å². The highest BCUT2D eigenvalue weighted by atomic mass is 32.2. The Morgan fingerprint density at radius 2 is 1.38 bits per heavy atom. The van der Waals surface area contributed by atoms with Crippen molar-refractivity contribution in [2.45, 2.75) is 138 Å². The second-order valence-electron chi connectivity index (χ2n) is 12.8. The van der Waals surface area contributed by atoms with Gasteiger partial charge in [-0.25, -0.2) is 0 Å². The zero-order chi connectivity index (χ0) is 23.8. The van der Waals surface area contributed by atoms with Crippen molar-refractivity contribution < 1.29 is 12.6 Å². The molecule has 4 aliphatic heterocycles. The molecule has 1 atom stereocenters. The summed E-state index contributed by atoms with van der Waals surface area (Å²) in [6.07, 6.45) is 19.0. The molecule has 4 heterocycles. The van der Waals surface area contributed by atoms with E-state index in [1.165, 1.54) is 83.5 Å². The smallest absolute Gasteiger partial charge is 0.266 e. The summed E-state index contributed by atoms with van der Waals surface area (Å²) in [7, 11) is -3.66. The van der Waals surface area contributed by atoms with Gasteiger partial charge < -0.3 is 0 Å². The van der Waals surface area contributed by atoms with E-state index in [-0.39, 0.29) is 4.90 Å². The van der Waals surface area contributed by atoms with Gasteiger partial charge in [0.25, 0.3) is 10.1 Å². The number of rotatable bonds is 8. The van der Waals surface area contributed by atoms with Crippen LogP contribution in [0, 0.1) is 6.92 Å². The summed E-state index contributed by atoms with van der Waals surface area (Å²) in [5.41, 5.74) is 1.87. The average molecular weight is 483 g/mol. The lowest BCUT2D eigenvalue weighted by atomic mass is 8.96. The molecule has 0 N–H and O–H groups in total. The normalized spacial score (nSPS) is 34.6. The molecule has 4 saturated heterocycles. The highest BCUT2D eigenvalue weighted by Crippen LogP contribution is 2.63. The molecule has 0 aliphatic carbocycles. The van der Waals surface area contributed by atoms with Crippen LogP contribution in [0.1, 0.15) is 95.5 Å². The van der Waals surface area contributed by atoms with Gasteiger partial charge in [0.15, 0.2) is 0 Å². The predicted octanol–water partition coefficient (Wildman–Crippen LogP) is 8.18. The topological polar surface area (TPSA) is 43.4 Å². The SMILES string of the molecule is Cc1ccc(S(=O)(=O)OCCCC(B2C3CCCC2CCC3)[B-]2(C)C3CCCC2CCC3)cc1. The molecule has 1 unspecified atom stereocenters. The van der Waals surface area contributed by atoms with Crippen LogP contribution in [-0.2, 0) is 14.3 Å². The zero-order valence-electron chi connectivity index (χ0n) is 21.6. The van der Waals surface area contributed by atoms with Crippen LogP contribution < -0.4 is 0 Å². The van der Waals surface area contributed by atoms with Crippen molar-refractivity contribution in [3.63, 3.8) is 0 Å². The number of hydrogen-bond acceptors (Lipinski definition) is 3. The third kappa shape index (κ3) is 4.80. The van der Waals surface area contributed by atoms with Crippen molar-refractivity contribution in [3.05, 3.63) is 29.8 Å². The minimum atomic E-state index is -3.66. The van der Waals surface area contributed by atoms with E-state index in [1.807, 2.05) is 19.1 Å². The molecule has 1 aromatic carbocycles. The molecule has 0 aromatic heterocycles. The standard InChI is InChI=1S/C28H45B2O3S/c1-22-17-19-27(20-18-22)34(31,32)33-21-7-16-28(29-23-8-3-9-24(29)11-4-10-23)30(2)25-12-5-13-26(30)15-6-14-25/h17-20,23-26,28H,3-16,21H2,1-2H3/q-1. The van der Waals surface area contributed by atoms with Gasteiger partial charge in [-0.2, -0.15) is 32.6 Å². The Labute approximate surface area is 209 Å². The highest BCUT2D eigenvalue weighted by molar-refractivity contribution is 7.86. The summed E-state index contributed by atoms with van der Waals surface area (Å²) >= 11 is 0. The summed E-state index contributed by atoms with van der Waals surface area (Å²) in [5, 5.41) is 0. The van der Waals surface area contributed by atoms with E-state index < -0.39 is 16.3 Å². The second-order valence-corrected chi connectivity index (χ2v) is 14.4. The van der Waals surface area contributed by atoms with Gasteiger partial charge in [0.1, 0.15) is 6.71 Å². The van der Waals surface area contributed by atoms with Gasteiger partial charge in [-0.3, -0.25) is 4.18 Å². The Bertz CT molecular complexity index is 887. The minimum Gasteiger partial charge on any atom is -0.266 e. The molecule has 188 valence electrons. The van der Waals surface area contributed by atoms with E-state index >= 15 is 0 Å². The van der Waals surface area contributed by atoms with E-state index in [0.717, 1.165) is 47.7 Å². The lowest BCUT2D eigenvalue weighted by Gasteiger charge is -2.65. The number of benzene rings is 1. The van der Waals surface area contributed by atoms with Crippen LogP contribution >= 0.6 is 0 Å². The maximum atomic E-state index is 12.8. The molecule has 34 heavy (non-hydrogen) atoms. The van der Waals surface area contributed by atoms with Gasteiger partial charge >= 0.3 is 0 Å². The summed E-state index contributed by atoms with van der Waals surface area (Å²) in [4.78, 5) is 0.287. The van der Waals surface area contributed by atoms with Crippen LogP contribution in [0.4, 0.5) is 0 Å². The first-order valence-corrected chi connectivity index (χ1v) is 16.0. The molecule has 0 radical (unpaired) electrons. The first-order valence-electron chi connectivity index (χ1n) is 14.6. The van der Waals surface area contributed by atoms with Crippen LogP contribution in [-0.4, -0.2) is 27.9 Å². The van der Waals surface area contributed by atoms with E-state index in [1.54, 1.807) is 12.1 Å². The van der Waals surface area contributed by atoms with Gasteiger partial charge in [-0.15, -0.1) is 0 Å². The summed E-state index contributed by atoms with van der Waals surface area (Å²) in [6.45, 7) is 5.94. The van der Waals surface area contributed by atoms with E-state index in [9.17, 15) is 8.42 Å². The summed E-state index contributed by atoms with van der Waals surface area (Å²) < 4.78 is 31.1. The third-order valence-corrected chi connectivity index (χ3v) is 12.7. The maximum Gasteiger partial charge on any atom is 0.296 e. The number of hydrogen-bond donors (Lipinski definition) is 0. The van der Waals surface area contributed by atoms with Crippen LogP contribution in [0.5, 0.6) is 0 Å².